The molecule has 2 heterocycles. The molecule has 1 atom stereocenters. The third-order valence-electron chi connectivity index (χ3n) is 9.23. The summed E-state index contributed by atoms with van der Waals surface area (Å²) in [4.78, 5) is 81.6. The van der Waals surface area contributed by atoms with Gasteiger partial charge in [0.25, 0.3) is 0 Å². The van der Waals surface area contributed by atoms with Gasteiger partial charge < -0.3 is 31.3 Å². The van der Waals surface area contributed by atoms with Gasteiger partial charge in [0.15, 0.2) is 5.78 Å². The second kappa shape index (κ2) is 23.4. The molecule has 2 rings (SSSR count). The van der Waals surface area contributed by atoms with Crippen LogP contribution in [0.5, 0.6) is 0 Å². The van der Waals surface area contributed by atoms with E-state index in [-0.39, 0.29) is 81.4 Å². The van der Waals surface area contributed by atoms with Crippen molar-refractivity contribution in [3.05, 3.63) is 0 Å². The predicted octanol–water partition coefficient (Wildman–Crippen LogP) is -1.61. The van der Waals surface area contributed by atoms with E-state index in [0.29, 0.717) is 58.3 Å². The van der Waals surface area contributed by atoms with Gasteiger partial charge >= 0.3 is 17.9 Å². The summed E-state index contributed by atoms with van der Waals surface area (Å²) in [5, 5.41) is 37.2. The van der Waals surface area contributed by atoms with Crippen molar-refractivity contribution >= 4 is 35.5 Å². The van der Waals surface area contributed by atoms with Gasteiger partial charge in [0.2, 0.25) is 11.8 Å². The molecule has 292 valence electrons. The highest BCUT2D eigenvalue weighted by atomic mass is 16.4. The van der Waals surface area contributed by atoms with Crippen LogP contribution in [0.4, 0.5) is 0 Å². The number of ketones is 1. The maximum atomic E-state index is 12.9. The Labute approximate surface area is 302 Å². The standard InChI is InChI=1S/C34H62N8O9/c1-25(2)34(51)28(37-26(3)4)19-27-5-9-38(10-6-27)20-29(43)35-7-8-36-30(44)21-39-11-13-40(22-31(45)46)15-17-42(24-33(49)50)18-16-41(14-12-39)23-32(47)48/h25-28,37H,5-24H2,1-4H3,(H,35,43)(H,36,44)(H,45,46)(H,47,48)(H,49,50)/t28-/m0/s1. The zero-order valence-electron chi connectivity index (χ0n) is 31.0. The predicted molar refractivity (Wildman–Crippen MR) is 190 cm³/mol. The molecule has 0 aromatic carbocycles. The molecule has 0 radical (unpaired) electrons. The Morgan fingerprint density at radius 1 is 0.549 bits per heavy atom. The molecule has 17 heteroatoms. The Hall–Kier alpha value is -3.22. The largest absolute Gasteiger partial charge is 0.480 e. The summed E-state index contributed by atoms with van der Waals surface area (Å²) >= 11 is 0. The number of aliphatic carboxylic acids is 3. The molecule has 0 aliphatic carbocycles. The normalized spacial score (nSPS) is 19.3. The Bertz CT molecular complexity index is 1100. The number of nitrogens with one attached hydrogen (secondary N) is 3. The number of amides is 2. The number of rotatable bonds is 19. The van der Waals surface area contributed by atoms with Gasteiger partial charge in [-0.05, 0) is 38.3 Å². The van der Waals surface area contributed by atoms with Gasteiger partial charge in [0.1, 0.15) is 0 Å². The Kier molecular flexibility index (Phi) is 20.1. The first-order chi connectivity index (χ1) is 24.1. The number of Topliss-reactive ketones (excluding diaryl/α,β-unsaturated/α-hetero) is 1. The molecule has 17 nitrogen and oxygen atoms in total. The highest BCUT2D eigenvalue weighted by Crippen LogP contribution is 2.23. The van der Waals surface area contributed by atoms with Gasteiger partial charge in [-0.2, -0.15) is 0 Å². The van der Waals surface area contributed by atoms with E-state index in [1.165, 1.54) is 0 Å². The van der Waals surface area contributed by atoms with Gasteiger partial charge in [0, 0.05) is 77.4 Å². The number of likely N-dealkylation sites (tertiary alicyclic amines) is 1. The first-order valence-corrected chi connectivity index (χ1v) is 18.2. The Morgan fingerprint density at radius 3 is 1.20 bits per heavy atom. The van der Waals surface area contributed by atoms with Crippen LogP contribution in [0.1, 0.15) is 47.0 Å². The van der Waals surface area contributed by atoms with Crippen molar-refractivity contribution in [2.45, 2.75) is 59.0 Å². The maximum Gasteiger partial charge on any atom is 0.317 e. The van der Waals surface area contributed by atoms with Crippen LogP contribution in [0.25, 0.3) is 0 Å². The van der Waals surface area contributed by atoms with Crippen molar-refractivity contribution in [1.29, 1.82) is 0 Å². The zero-order valence-corrected chi connectivity index (χ0v) is 31.0. The molecular formula is C34H62N8O9. The van der Waals surface area contributed by atoms with E-state index in [1.807, 2.05) is 32.6 Å². The summed E-state index contributed by atoms with van der Waals surface area (Å²) < 4.78 is 0. The second-order valence-electron chi connectivity index (χ2n) is 14.4. The molecule has 0 bridgehead atoms. The molecule has 0 saturated carbocycles. The summed E-state index contributed by atoms with van der Waals surface area (Å²) in [6, 6.07) is 0.0757. The third kappa shape index (κ3) is 19.3. The van der Waals surface area contributed by atoms with Crippen LogP contribution in [0, 0.1) is 11.8 Å². The van der Waals surface area contributed by atoms with Crippen LogP contribution < -0.4 is 16.0 Å². The summed E-state index contributed by atoms with van der Waals surface area (Å²) in [5.74, 6) is -2.81. The molecule has 0 spiro atoms. The molecule has 0 unspecified atom stereocenters. The van der Waals surface area contributed by atoms with E-state index in [0.717, 1.165) is 32.4 Å². The van der Waals surface area contributed by atoms with E-state index in [2.05, 4.69) is 20.9 Å². The minimum absolute atomic E-state index is 0.00611. The van der Waals surface area contributed by atoms with Gasteiger partial charge in [0.05, 0.1) is 38.8 Å². The summed E-state index contributed by atoms with van der Waals surface area (Å²) in [5.41, 5.74) is 0. The average molecular weight is 727 g/mol. The molecule has 2 aliphatic rings. The molecule has 2 amide bonds. The van der Waals surface area contributed by atoms with Crippen molar-refractivity contribution in [2.24, 2.45) is 11.8 Å². The molecule has 2 aliphatic heterocycles. The van der Waals surface area contributed by atoms with E-state index in [9.17, 15) is 44.1 Å². The second-order valence-corrected chi connectivity index (χ2v) is 14.4. The smallest absolute Gasteiger partial charge is 0.317 e. The minimum atomic E-state index is -1.02. The topological polar surface area (TPSA) is 215 Å². The lowest BCUT2D eigenvalue weighted by atomic mass is 9.86. The number of nitrogens with zero attached hydrogens (tertiary/aromatic N) is 5. The first-order valence-electron chi connectivity index (χ1n) is 18.2. The van der Waals surface area contributed by atoms with Gasteiger partial charge in [-0.15, -0.1) is 0 Å². The van der Waals surface area contributed by atoms with Gasteiger partial charge in [-0.3, -0.25) is 53.3 Å². The number of hydrogen-bond donors (Lipinski definition) is 6. The fraction of sp³-hybridized carbons (Fsp3) is 0.824. The van der Waals surface area contributed by atoms with Crippen LogP contribution in [0.2, 0.25) is 0 Å². The van der Waals surface area contributed by atoms with Gasteiger partial charge in [-0.25, -0.2) is 0 Å². The van der Waals surface area contributed by atoms with Crippen LogP contribution in [-0.2, 0) is 28.8 Å². The quantitative estimate of drug-likeness (QED) is 0.0826. The number of carboxylic acids is 3. The lowest BCUT2D eigenvalue weighted by molar-refractivity contribution is -0.140. The van der Waals surface area contributed by atoms with E-state index >= 15 is 0 Å². The fourth-order valence-corrected chi connectivity index (χ4v) is 6.49. The highest BCUT2D eigenvalue weighted by Gasteiger charge is 2.28. The zero-order chi connectivity index (χ0) is 37.9. The SMILES string of the molecule is CC(C)N[C@@H](CC1CCN(CC(=O)NCCNC(=O)CN2CCN(CC(=O)O)CCN(CC(=O)O)CCN(CC(=O)O)CC2)CC1)C(=O)C(C)C. The summed E-state index contributed by atoms with van der Waals surface area (Å²) in [6.07, 6.45) is 2.65. The van der Waals surface area contributed by atoms with Crippen molar-refractivity contribution in [2.75, 3.05) is 111 Å². The van der Waals surface area contributed by atoms with E-state index in [1.54, 1.807) is 14.7 Å². The lowest BCUT2D eigenvalue weighted by Crippen LogP contribution is -2.50. The number of carbonyl (C=O) groups excluding carboxylic acids is 3. The van der Waals surface area contributed by atoms with Crippen LogP contribution in [-0.4, -0.2) is 199 Å². The third-order valence-corrected chi connectivity index (χ3v) is 9.23. The molecule has 0 aromatic rings. The van der Waals surface area contributed by atoms with Crippen molar-refractivity contribution < 1.29 is 44.1 Å². The minimum Gasteiger partial charge on any atom is -0.480 e. The molecule has 51 heavy (non-hydrogen) atoms. The Balaban J connectivity index is 1.81. The lowest BCUT2D eigenvalue weighted by Gasteiger charge is -2.34. The van der Waals surface area contributed by atoms with Crippen molar-refractivity contribution in [1.82, 2.24) is 40.4 Å². The molecule has 0 aromatic heterocycles. The number of piperidine rings is 1. The van der Waals surface area contributed by atoms with Gasteiger partial charge in [-0.1, -0.05) is 27.7 Å². The van der Waals surface area contributed by atoms with Crippen LogP contribution >= 0.6 is 0 Å². The van der Waals surface area contributed by atoms with E-state index < -0.39 is 17.9 Å². The highest BCUT2D eigenvalue weighted by molar-refractivity contribution is 5.85. The van der Waals surface area contributed by atoms with Crippen LogP contribution in [0.15, 0.2) is 0 Å². The number of hydrogen-bond acceptors (Lipinski definition) is 12. The number of carboxylic acid groups (broad SMARTS) is 3. The molecule has 2 saturated heterocycles. The van der Waals surface area contributed by atoms with E-state index in [4.69, 9.17) is 0 Å². The Morgan fingerprint density at radius 2 is 0.882 bits per heavy atom. The monoisotopic (exact) mass is 726 g/mol. The fourth-order valence-electron chi connectivity index (χ4n) is 6.49. The van der Waals surface area contributed by atoms with Crippen molar-refractivity contribution in [3.63, 3.8) is 0 Å². The summed E-state index contributed by atoms with van der Waals surface area (Å²) in [7, 11) is 0. The molecule has 6 N–H and O–H groups in total. The number of carbonyl (C=O) groups is 6. The average Bonchev–Trinajstić information content (AvgIpc) is 3.03. The molecular weight excluding hydrogens is 664 g/mol. The molecule has 2 fully saturated rings. The van der Waals surface area contributed by atoms with Crippen molar-refractivity contribution in [3.8, 4) is 0 Å². The maximum absolute atomic E-state index is 12.9. The van der Waals surface area contributed by atoms with Crippen LogP contribution in [0.3, 0.4) is 0 Å². The summed E-state index contributed by atoms with van der Waals surface area (Å²) in [6.45, 7) is 12.1. The first kappa shape index (κ1) is 43.9.